The molecule has 1 aromatic rings. The maximum absolute atomic E-state index is 11.3. The van der Waals surface area contributed by atoms with Gasteiger partial charge in [-0.3, -0.25) is 4.79 Å². The van der Waals surface area contributed by atoms with Gasteiger partial charge >= 0.3 is 5.97 Å². The number of benzene rings is 1. The molecule has 0 spiro atoms. The number of hydrogen-bond donors (Lipinski definition) is 2. The van der Waals surface area contributed by atoms with Crippen molar-refractivity contribution in [3.63, 3.8) is 0 Å². The lowest BCUT2D eigenvalue weighted by molar-refractivity contribution is -0.147. The van der Waals surface area contributed by atoms with Gasteiger partial charge in [0.2, 0.25) is 0 Å². The molecule has 3 heteroatoms. The summed E-state index contributed by atoms with van der Waals surface area (Å²) < 4.78 is 0. The minimum absolute atomic E-state index is 0.407. The van der Waals surface area contributed by atoms with Gasteiger partial charge in [-0.25, -0.2) is 0 Å². The third-order valence-corrected chi connectivity index (χ3v) is 3.13. The monoisotopic (exact) mass is 229 g/mol. The van der Waals surface area contributed by atoms with Gasteiger partial charge in [0.1, 0.15) is 0 Å². The topological polar surface area (TPSA) is 49.3 Å². The highest BCUT2D eigenvalue weighted by Crippen LogP contribution is 2.29. The standard InChI is InChI=1S/C14H15NO2/c16-13(17)14(9-10-15-11-14)8-4-7-12-5-2-1-3-6-12/h1-3,5-6,15H,8-11H2,(H,16,17). The van der Waals surface area contributed by atoms with Gasteiger partial charge in [-0.05, 0) is 25.1 Å². The highest BCUT2D eigenvalue weighted by Gasteiger charge is 2.40. The van der Waals surface area contributed by atoms with Crippen LogP contribution in [0.3, 0.4) is 0 Å². The molecule has 0 bridgehead atoms. The first-order chi connectivity index (χ1) is 8.23. The van der Waals surface area contributed by atoms with Gasteiger partial charge in [-0.15, -0.1) is 0 Å². The van der Waals surface area contributed by atoms with E-state index in [1.54, 1.807) is 0 Å². The predicted octanol–water partition coefficient (Wildman–Crippen LogP) is 1.49. The molecule has 17 heavy (non-hydrogen) atoms. The molecular weight excluding hydrogens is 214 g/mol. The Morgan fingerprint density at radius 1 is 1.41 bits per heavy atom. The molecule has 1 fully saturated rings. The van der Waals surface area contributed by atoms with Crippen molar-refractivity contribution in [3.05, 3.63) is 35.9 Å². The Labute approximate surface area is 101 Å². The minimum atomic E-state index is -0.745. The van der Waals surface area contributed by atoms with Crippen LogP contribution in [0, 0.1) is 17.3 Å². The molecule has 0 amide bonds. The Morgan fingerprint density at radius 3 is 2.76 bits per heavy atom. The van der Waals surface area contributed by atoms with E-state index in [0.29, 0.717) is 19.4 Å². The lowest BCUT2D eigenvalue weighted by atomic mass is 9.84. The quantitative estimate of drug-likeness (QED) is 0.755. The fourth-order valence-electron chi connectivity index (χ4n) is 1.99. The number of carboxylic acid groups (broad SMARTS) is 1. The number of nitrogens with one attached hydrogen (secondary N) is 1. The van der Waals surface area contributed by atoms with Crippen LogP contribution in [-0.4, -0.2) is 24.2 Å². The maximum atomic E-state index is 11.3. The summed E-state index contributed by atoms with van der Waals surface area (Å²) in [6.45, 7) is 1.28. The predicted molar refractivity (Wildman–Crippen MR) is 65.5 cm³/mol. The van der Waals surface area contributed by atoms with Crippen molar-refractivity contribution < 1.29 is 9.90 Å². The second-order valence-electron chi connectivity index (χ2n) is 4.36. The number of carboxylic acids is 1. The molecule has 1 aliphatic rings. The highest BCUT2D eigenvalue weighted by atomic mass is 16.4. The second kappa shape index (κ2) is 5.03. The summed E-state index contributed by atoms with van der Waals surface area (Å²) in [5, 5.41) is 12.3. The lowest BCUT2D eigenvalue weighted by Crippen LogP contribution is -2.32. The van der Waals surface area contributed by atoms with E-state index in [4.69, 9.17) is 0 Å². The molecule has 1 aromatic carbocycles. The highest BCUT2D eigenvalue weighted by molar-refractivity contribution is 5.76. The summed E-state index contributed by atoms with van der Waals surface area (Å²) in [6, 6.07) is 9.63. The third-order valence-electron chi connectivity index (χ3n) is 3.13. The van der Waals surface area contributed by atoms with Crippen LogP contribution >= 0.6 is 0 Å². The van der Waals surface area contributed by atoms with Crippen molar-refractivity contribution in [1.29, 1.82) is 0 Å². The lowest BCUT2D eigenvalue weighted by Gasteiger charge is -2.19. The minimum Gasteiger partial charge on any atom is -0.481 e. The van der Waals surface area contributed by atoms with Crippen molar-refractivity contribution in [2.45, 2.75) is 12.8 Å². The van der Waals surface area contributed by atoms with E-state index in [1.807, 2.05) is 30.3 Å². The van der Waals surface area contributed by atoms with Gasteiger partial charge in [0.15, 0.2) is 0 Å². The summed E-state index contributed by atoms with van der Waals surface area (Å²) in [4.78, 5) is 11.3. The summed E-state index contributed by atoms with van der Waals surface area (Å²) in [7, 11) is 0. The van der Waals surface area contributed by atoms with E-state index in [0.717, 1.165) is 12.1 Å². The molecular formula is C14H15NO2. The molecule has 1 heterocycles. The molecule has 0 radical (unpaired) electrons. The van der Waals surface area contributed by atoms with Crippen molar-refractivity contribution in [2.24, 2.45) is 5.41 Å². The van der Waals surface area contributed by atoms with Crippen LogP contribution in [0.1, 0.15) is 18.4 Å². The molecule has 0 aromatic heterocycles. The smallest absolute Gasteiger partial charge is 0.311 e. The van der Waals surface area contributed by atoms with Crippen LogP contribution in [0.5, 0.6) is 0 Å². The molecule has 1 aliphatic heterocycles. The molecule has 3 nitrogen and oxygen atoms in total. The molecule has 88 valence electrons. The van der Waals surface area contributed by atoms with Crippen LogP contribution in [0.25, 0.3) is 0 Å². The Balaban J connectivity index is 2.06. The van der Waals surface area contributed by atoms with Gasteiger partial charge in [-0.2, -0.15) is 0 Å². The average molecular weight is 229 g/mol. The number of carbonyl (C=O) groups is 1. The molecule has 1 saturated heterocycles. The summed E-state index contributed by atoms with van der Waals surface area (Å²) in [5.74, 6) is 5.26. The van der Waals surface area contributed by atoms with Crippen LogP contribution < -0.4 is 5.32 Å². The largest absolute Gasteiger partial charge is 0.481 e. The van der Waals surface area contributed by atoms with Gasteiger partial charge in [0, 0.05) is 18.5 Å². The Bertz CT molecular complexity index is 450. The van der Waals surface area contributed by atoms with Crippen molar-refractivity contribution in [3.8, 4) is 11.8 Å². The van der Waals surface area contributed by atoms with Crippen molar-refractivity contribution >= 4 is 5.97 Å². The Kier molecular flexibility index (Phi) is 3.46. The fraction of sp³-hybridized carbons (Fsp3) is 0.357. The van der Waals surface area contributed by atoms with Crippen molar-refractivity contribution in [1.82, 2.24) is 5.32 Å². The molecule has 0 aliphatic carbocycles. The normalized spacial score (nSPS) is 22.8. The summed E-state index contributed by atoms with van der Waals surface area (Å²) in [5.41, 5.74) is 0.237. The van der Waals surface area contributed by atoms with Crippen LogP contribution in [0.2, 0.25) is 0 Å². The zero-order valence-electron chi connectivity index (χ0n) is 9.57. The van der Waals surface area contributed by atoms with E-state index in [1.165, 1.54) is 0 Å². The first kappa shape index (κ1) is 11.7. The maximum Gasteiger partial charge on any atom is 0.311 e. The average Bonchev–Trinajstić information content (AvgIpc) is 2.80. The summed E-state index contributed by atoms with van der Waals surface area (Å²) >= 11 is 0. The van der Waals surface area contributed by atoms with Gasteiger partial charge < -0.3 is 10.4 Å². The first-order valence-corrected chi connectivity index (χ1v) is 5.71. The SMILES string of the molecule is O=C(O)C1(CC#Cc2ccccc2)CCNC1. The van der Waals surface area contributed by atoms with E-state index in [9.17, 15) is 9.90 Å². The molecule has 2 rings (SSSR count). The number of aliphatic carboxylic acids is 1. The van der Waals surface area contributed by atoms with E-state index >= 15 is 0 Å². The fourth-order valence-corrected chi connectivity index (χ4v) is 1.99. The van der Waals surface area contributed by atoms with Gasteiger partial charge in [-0.1, -0.05) is 30.0 Å². The second-order valence-corrected chi connectivity index (χ2v) is 4.36. The zero-order chi connectivity index (χ0) is 12.1. The third kappa shape index (κ3) is 2.66. The number of hydrogen-bond acceptors (Lipinski definition) is 2. The van der Waals surface area contributed by atoms with E-state index in [2.05, 4.69) is 17.2 Å². The van der Waals surface area contributed by atoms with Crippen LogP contribution in [0.15, 0.2) is 30.3 Å². The number of rotatable bonds is 2. The Morgan fingerprint density at radius 2 is 2.18 bits per heavy atom. The van der Waals surface area contributed by atoms with Crippen LogP contribution in [-0.2, 0) is 4.79 Å². The zero-order valence-corrected chi connectivity index (χ0v) is 9.57. The molecule has 1 unspecified atom stereocenters. The van der Waals surface area contributed by atoms with Gasteiger partial charge in [0.25, 0.3) is 0 Å². The van der Waals surface area contributed by atoms with Crippen molar-refractivity contribution in [2.75, 3.05) is 13.1 Å². The Hall–Kier alpha value is -1.79. The molecule has 0 saturated carbocycles. The van der Waals surface area contributed by atoms with E-state index in [-0.39, 0.29) is 0 Å². The summed E-state index contributed by atoms with van der Waals surface area (Å²) in [6.07, 6.45) is 1.07. The van der Waals surface area contributed by atoms with Gasteiger partial charge in [0.05, 0.1) is 5.41 Å². The first-order valence-electron chi connectivity index (χ1n) is 5.71. The molecule has 2 N–H and O–H groups in total. The molecule has 1 atom stereocenters. The van der Waals surface area contributed by atoms with E-state index < -0.39 is 11.4 Å². The van der Waals surface area contributed by atoms with Crippen LogP contribution in [0.4, 0.5) is 0 Å².